The molecular formula is C13H22N2O3S. The first-order chi connectivity index (χ1) is 9.01. The van der Waals surface area contributed by atoms with Crippen molar-refractivity contribution in [3.05, 3.63) is 17.9 Å². The van der Waals surface area contributed by atoms with Crippen molar-refractivity contribution < 1.29 is 12.8 Å². The summed E-state index contributed by atoms with van der Waals surface area (Å²) >= 11 is 0. The highest BCUT2D eigenvalue weighted by Gasteiger charge is 2.26. The molecule has 0 spiro atoms. The standard InChI is InChI=1S/C13H22N2O3S/c1-10-3-5-11(6-4-10)15-19(16,17)13-8-7-12(18-13)9-14-2/h7-8,10-11,14-15H,3-6,9H2,1-2H3. The van der Waals surface area contributed by atoms with Crippen LogP contribution in [0, 0.1) is 5.92 Å². The third kappa shape index (κ3) is 3.81. The Balaban J connectivity index is 2.01. The number of hydrogen-bond acceptors (Lipinski definition) is 4. The molecule has 0 bridgehead atoms. The molecule has 1 aromatic heterocycles. The molecule has 2 N–H and O–H groups in total. The van der Waals surface area contributed by atoms with Crippen LogP contribution in [-0.4, -0.2) is 21.5 Å². The summed E-state index contributed by atoms with van der Waals surface area (Å²) in [7, 11) is -1.73. The minimum atomic E-state index is -3.52. The second-order valence-corrected chi connectivity index (χ2v) is 6.97. The van der Waals surface area contributed by atoms with E-state index < -0.39 is 10.0 Å². The summed E-state index contributed by atoms with van der Waals surface area (Å²) in [5, 5.41) is 2.94. The summed E-state index contributed by atoms with van der Waals surface area (Å²) < 4.78 is 32.4. The molecule has 0 radical (unpaired) electrons. The summed E-state index contributed by atoms with van der Waals surface area (Å²) in [5.74, 6) is 1.33. The van der Waals surface area contributed by atoms with Crippen molar-refractivity contribution in [1.82, 2.24) is 10.0 Å². The molecule has 5 nitrogen and oxygen atoms in total. The molecule has 1 saturated carbocycles. The lowest BCUT2D eigenvalue weighted by Gasteiger charge is -2.26. The van der Waals surface area contributed by atoms with Crippen molar-refractivity contribution >= 4 is 10.0 Å². The molecule has 0 atom stereocenters. The monoisotopic (exact) mass is 286 g/mol. The van der Waals surface area contributed by atoms with E-state index in [1.165, 1.54) is 6.07 Å². The Morgan fingerprint density at radius 2 is 1.95 bits per heavy atom. The summed E-state index contributed by atoms with van der Waals surface area (Å²) in [6.45, 7) is 2.73. The molecule has 1 fully saturated rings. The first kappa shape index (κ1) is 14.6. The van der Waals surface area contributed by atoms with E-state index in [1.54, 1.807) is 13.1 Å². The molecule has 0 saturated heterocycles. The van der Waals surface area contributed by atoms with Gasteiger partial charge in [0, 0.05) is 6.04 Å². The Labute approximate surface area is 114 Å². The average molecular weight is 286 g/mol. The predicted molar refractivity (Wildman–Crippen MR) is 73.2 cm³/mol. The molecule has 1 aliphatic rings. The second-order valence-electron chi connectivity index (χ2n) is 5.33. The summed E-state index contributed by atoms with van der Waals surface area (Å²) in [6.07, 6.45) is 3.97. The van der Waals surface area contributed by atoms with Crippen molar-refractivity contribution in [2.75, 3.05) is 7.05 Å². The lowest BCUT2D eigenvalue weighted by molar-refractivity contribution is 0.328. The first-order valence-electron chi connectivity index (χ1n) is 6.77. The third-order valence-corrected chi connectivity index (χ3v) is 4.98. The smallest absolute Gasteiger partial charge is 0.274 e. The second kappa shape index (κ2) is 6.07. The van der Waals surface area contributed by atoms with Gasteiger partial charge in [0.15, 0.2) is 0 Å². The summed E-state index contributed by atoms with van der Waals surface area (Å²) in [5.41, 5.74) is 0. The summed E-state index contributed by atoms with van der Waals surface area (Å²) in [4.78, 5) is 0. The molecule has 1 aromatic rings. The fourth-order valence-corrected chi connectivity index (χ4v) is 3.68. The van der Waals surface area contributed by atoms with Crippen molar-refractivity contribution in [2.24, 2.45) is 5.92 Å². The Morgan fingerprint density at radius 1 is 1.26 bits per heavy atom. The van der Waals surface area contributed by atoms with Gasteiger partial charge in [-0.1, -0.05) is 6.92 Å². The van der Waals surface area contributed by atoms with Gasteiger partial charge in [0.25, 0.3) is 10.0 Å². The van der Waals surface area contributed by atoms with Crippen LogP contribution in [0.15, 0.2) is 21.6 Å². The number of sulfonamides is 1. The van der Waals surface area contributed by atoms with Crippen LogP contribution in [0.3, 0.4) is 0 Å². The predicted octanol–water partition coefficient (Wildman–Crippen LogP) is 1.86. The van der Waals surface area contributed by atoms with Crippen LogP contribution in [0.4, 0.5) is 0 Å². The number of hydrogen-bond donors (Lipinski definition) is 2. The van der Waals surface area contributed by atoms with E-state index in [4.69, 9.17) is 4.42 Å². The van der Waals surface area contributed by atoms with Gasteiger partial charge in [-0.15, -0.1) is 0 Å². The quantitative estimate of drug-likeness (QED) is 0.866. The van der Waals surface area contributed by atoms with Crippen molar-refractivity contribution in [3.8, 4) is 0 Å². The average Bonchev–Trinajstić information content (AvgIpc) is 2.82. The minimum Gasteiger partial charge on any atom is -0.447 e. The van der Waals surface area contributed by atoms with Crippen molar-refractivity contribution in [1.29, 1.82) is 0 Å². The molecule has 1 heterocycles. The van der Waals surface area contributed by atoms with Crippen LogP contribution in [0.5, 0.6) is 0 Å². The third-order valence-electron chi connectivity index (χ3n) is 3.59. The van der Waals surface area contributed by atoms with Gasteiger partial charge in [-0.25, -0.2) is 13.1 Å². The summed E-state index contributed by atoms with van der Waals surface area (Å²) in [6, 6.07) is 3.24. The van der Waals surface area contributed by atoms with Gasteiger partial charge >= 0.3 is 0 Å². The van der Waals surface area contributed by atoms with Crippen LogP contribution in [0.25, 0.3) is 0 Å². The highest BCUT2D eigenvalue weighted by Crippen LogP contribution is 2.25. The van der Waals surface area contributed by atoms with E-state index in [9.17, 15) is 8.42 Å². The van der Waals surface area contributed by atoms with E-state index in [1.807, 2.05) is 0 Å². The maximum atomic E-state index is 12.2. The molecule has 0 unspecified atom stereocenters. The van der Waals surface area contributed by atoms with Gasteiger partial charge in [0.1, 0.15) is 5.76 Å². The zero-order valence-corrected chi connectivity index (χ0v) is 12.3. The molecule has 6 heteroatoms. The zero-order valence-electron chi connectivity index (χ0n) is 11.5. The Kier molecular flexibility index (Phi) is 4.65. The SMILES string of the molecule is CNCc1ccc(S(=O)(=O)NC2CCC(C)CC2)o1. The molecule has 0 amide bonds. The normalized spacial score (nSPS) is 24.5. The van der Waals surface area contributed by atoms with Crippen molar-refractivity contribution in [2.45, 2.75) is 50.3 Å². The first-order valence-corrected chi connectivity index (χ1v) is 8.25. The molecule has 19 heavy (non-hydrogen) atoms. The number of rotatable bonds is 5. The lowest BCUT2D eigenvalue weighted by Crippen LogP contribution is -2.37. The largest absolute Gasteiger partial charge is 0.447 e. The van der Waals surface area contributed by atoms with Crippen LogP contribution < -0.4 is 10.0 Å². The van der Waals surface area contributed by atoms with Crippen LogP contribution in [0.2, 0.25) is 0 Å². The molecule has 2 rings (SSSR count). The van der Waals surface area contributed by atoms with Gasteiger partial charge in [0.05, 0.1) is 6.54 Å². The van der Waals surface area contributed by atoms with Gasteiger partial charge in [-0.05, 0) is 50.8 Å². The number of furan rings is 1. The fraction of sp³-hybridized carbons (Fsp3) is 0.692. The molecule has 108 valence electrons. The molecule has 0 aliphatic heterocycles. The van der Waals surface area contributed by atoms with E-state index in [0.717, 1.165) is 25.7 Å². The van der Waals surface area contributed by atoms with Gasteiger partial charge in [0.2, 0.25) is 5.09 Å². The highest BCUT2D eigenvalue weighted by molar-refractivity contribution is 7.89. The van der Waals surface area contributed by atoms with Crippen LogP contribution in [-0.2, 0) is 16.6 Å². The zero-order chi connectivity index (χ0) is 13.9. The molecule has 0 aromatic carbocycles. The van der Waals surface area contributed by atoms with Crippen molar-refractivity contribution in [3.63, 3.8) is 0 Å². The van der Waals surface area contributed by atoms with Crippen LogP contribution >= 0.6 is 0 Å². The van der Waals surface area contributed by atoms with E-state index in [-0.39, 0.29) is 11.1 Å². The fourth-order valence-electron chi connectivity index (χ4n) is 2.43. The highest BCUT2D eigenvalue weighted by atomic mass is 32.2. The van der Waals surface area contributed by atoms with Gasteiger partial charge in [-0.2, -0.15) is 0 Å². The molecular weight excluding hydrogens is 264 g/mol. The van der Waals surface area contributed by atoms with Gasteiger partial charge < -0.3 is 9.73 Å². The van der Waals surface area contributed by atoms with E-state index in [0.29, 0.717) is 18.2 Å². The molecule has 1 aliphatic carbocycles. The van der Waals surface area contributed by atoms with E-state index in [2.05, 4.69) is 17.0 Å². The lowest BCUT2D eigenvalue weighted by atomic mass is 9.88. The Hall–Kier alpha value is -0.850. The Bertz CT molecular complexity index is 502. The number of nitrogens with one attached hydrogen (secondary N) is 2. The topological polar surface area (TPSA) is 71.3 Å². The maximum absolute atomic E-state index is 12.2. The van der Waals surface area contributed by atoms with Gasteiger partial charge in [-0.3, -0.25) is 0 Å². The Morgan fingerprint density at radius 3 is 2.58 bits per heavy atom. The van der Waals surface area contributed by atoms with Crippen LogP contribution in [0.1, 0.15) is 38.4 Å². The minimum absolute atomic E-state index is 0.0105. The van der Waals surface area contributed by atoms with E-state index >= 15 is 0 Å². The maximum Gasteiger partial charge on any atom is 0.274 e.